The quantitative estimate of drug-likeness (QED) is 0.240. The lowest BCUT2D eigenvalue weighted by Gasteiger charge is -2.18. The molecule has 0 bridgehead atoms. The van der Waals surface area contributed by atoms with Crippen molar-refractivity contribution in [3.05, 3.63) is 16.1 Å². The van der Waals surface area contributed by atoms with Crippen molar-refractivity contribution in [3.8, 4) is 0 Å². The van der Waals surface area contributed by atoms with Crippen LogP contribution in [0.4, 0.5) is 13.2 Å². The van der Waals surface area contributed by atoms with Crippen LogP contribution in [0.3, 0.4) is 0 Å². The normalized spacial score (nSPS) is 12.2. The SMILES string of the molecule is CCN(CC)CCCNC(=NC)NCCc1nc(C(F)(F)F)cs1.I. The molecular weight excluding hydrogens is 466 g/mol. The highest BCUT2D eigenvalue weighted by atomic mass is 127. The fourth-order valence-corrected chi connectivity index (χ4v) is 2.92. The molecule has 1 aromatic rings. The summed E-state index contributed by atoms with van der Waals surface area (Å²) in [5.74, 6) is 0.655. The number of rotatable bonds is 9. The van der Waals surface area contributed by atoms with Crippen molar-refractivity contribution in [2.24, 2.45) is 4.99 Å². The Balaban J connectivity index is 0.00000576. The molecule has 0 aliphatic carbocycles. The number of hydrogen-bond acceptors (Lipinski definition) is 4. The molecule has 0 atom stereocenters. The minimum atomic E-state index is -4.37. The first kappa shape index (κ1) is 24.4. The van der Waals surface area contributed by atoms with E-state index >= 15 is 0 Å². The van der Waals surface area contributed by atoms with Crippen LogP contribution in [0.25, 0.3) is 0 Å². The molecule has 0 aromatic carbocycles. The first-order valence-corrected chi connectivity index (χ1v) is 8.97. The molecule has 0 radical (unpaired) electrons. The number of guanidine groups is 1. The highest BCUT2D eigenvalue weighted by Gasteiger charge is 2.33. The van der Waals surface area contributed by atoms with E-state index in [0.717, 1.165) is 49.3 Å². The van der Waals surface area contributed by atoms with Gasteiger partial charge >= 0.3 is 6.18 Å². The van der Waals surface area contributed by atoms with Gasteiger partial charge in [0.2, 0.25) is 0 Å². The molecule has 0 aliphatic heterocycles. The molecule has 0 unspecified atom stereocenters. The van der Waals surface area contributed by atoms with Crippen molar-refractivity contribution in [2.45, 2.75) is 32.9 Å². The Morgan fingerprint density at radius 2 is 1.88 bits per heavy atom. The molecule has 0 saturated carbocycles. The van der Waals surface area contributed by atoms with Crippen LogP contribution >= 0.6 is 35.3 Å². The van der Waals surface area contributed by atoms with E-state index in [2.05, 4.69) is 39.4 Å². The fraction of sp³-hybridized carbons (Fsp3) is 0.733. The zero-order valence-corrected chi connectivity index (χ0v) is 18.0. The summed E-state index contributed by atoms with van der Waals surface area (Å²) in [7, 11) is 1.67. The summed E-state index contributed by atoms with van der Waals surface area (Å²) < 4.78 is 37.4. The van der Waals surface area contributed by atoms with Crippen molar-refractivity contribution in [3.63, 3.8) is 0 Å². The molecule has 146 valence electrons. The molecule has 2 N–H and O–H groups in total. The number of halogens is 4. The molecule has 1 heterocycles. The van der Waals surface area contributed by atoms with Crippen molar-refractivity contribution in [2.75, 3.05) is 39.8 Å². The Labute approximate surface area is 168 Å². The van der Waals surface area contributed by atoms with Gasteiger partial charge in [-0.25, -0.2) is 4.98 Å². The Bertz CT molecular complexity index is 504. The molecule has 0 amide bonds. The van der Waals surface area contributed by atoms with Crippen LogP contribution in [-0.2, 0) is 12.6 Å². The van der Waals surface area contributed by atoms with Gasteiger partial charge in [-0.1, -0.05) is 13.8 Å². The Hall–Kier alpha value is -0.620. The van der Waals surface area contributed by atoms with E-state index in [4.69, 9.17) is 0 Å². The Morgan fingerprint density at radius 1 is 1.24 bits per heavy atom. The second-order valence-corrected chi connectivity index (χ2v) is 6.12. The summed E-state index contributed by atoms with van der Waals surface area (Å²) in [5.41, 5.74) is -0.818. The third-order valence-electron chi connectivity index (χ3n) is 3.54. The average Bonchev–Trinajstić information content (AvgIpc) is 3.02. The molecule has 1 rings (SSSR count). The van der Waals surface area contributed by atoms with Crippen LogP contribution in [0.15, 0.2) is 10.4 Å². The minimum absolute atomic E-state index is 0. The van der Waals surface area contributed by atoms with Crippen LogP contribution in [0.2, 0.25) is 0 Å². The third kappa shape index (κ3) is 9.59. The zero-order valence-electron chi connectivity index (χ0n) is 14.8. The van der Waals surface area contributed by atoms with Gasteiger partial charge < -0.3 is 15.5 Å². The fourth-order valence-electron chi connectivity index (χ4n) is 2.11. The minimum Gasteiger partial charge on any atom is -0.356 e. The molecule has 0 saturated heterocycles. The van der Waals surface area contributed by atoms with E-state index in [1.165, 1.54) is 0 Å². The molecule has 1 aromatic heterocycles. The standard InChI is InChI=1S/C15H26F3N5S.HI/c1-4-23(5-2)10-6-8-20-14(19-3)21-9-7-13-22-12(11-24-13)15(16,17)18;/h11H,4-10H2,1-3H3,(H2,19,20,21);1H. The van der Waals surface area contributed by atoms with Crippen LogP contribution in [0.1, 0.15) is 31.0 Å². The smallest absolute Gasteiger partial charge is 0.356 e. The lowest BCUT2D eigenvalue weighted by molar-refractivity contribution is -0.140. The predicted octanol–water partition coefficient (Wildman–Crippen LogP) is 3.22. The van der Waals surface area contributed by atoms with E-state index in [0.29, 0.717) is 23.9 Å². The van der Waals surface area contributed by atoms with Gasteiger partial charge in [0.15, 0.2) is 11.7 Å². The van der Waals surface area contributed by atoms with Crippen LogP contribution in [0, 0.1) is 0 Å². The van der Waals surface area contributed by atoms with Crippen LogP contribution in [-0.4, -0.2) is 55.6 Å². The highest BCUT2D eigenvalue weighted by molar-refractivity contribution is 14.0. The topological polar surface area (TPSA) is 52.5 Å². The Morgan fingerprint density at radius 3 is 2.40 bits per heavy atom. The number of aliphatic imine (C=N–C) groups is 1. The summed E-state index contributed by atoms with van der Waals surface area (Å²) in [6.07, 6.45) is -2.94. The number of nitrogens with one attached hydrogen (secondary N) is 2. The Kier molecular flexibility index (Phi) is 12.4. The van der Waals surface area contributed by atoms with Gasteiger partial charge in [-0.2, -0.15) is 13.2 Å². The summed E-state index contributed by atoms with van der Waals surface area (Å²) in [6.45, 7) is 8.66. The lowest BCUT2D eigenvalue weighted by Crippen LogP contribution is -2.39. The lowest BCUT2D eigenvalue weighted by atomic mass is 10.3. The monoisotopic (exact) mass is 493 g/mol. The van der Waals surface area contributed by atoms with Crippen molar-refractivity contribution >= 4 is 41.3 Å². The van der Waals surface area contributed by atoms with Gasteiger partial charge in [0.05, 0.1) is 5.01 Å². The van der Waals surface area contributed by atoms with Gasteiger partial charge in [-0.05, 0) is 26.1 Å². The second-order valence-electron chi connectivity index (χ2n) is 5.18. The van der Waals surface area contributed by atoms with Gasteiger partial charge in [0.25, 0.3) is 0 Å². The first-order chi connectivity index (χ1) is 11.4. The summed E-state index contributed by atoms with van der Waals surface area (Å²) >= 11 is 1.03. The zero-order chi connectivity index (χ0) is 18.0. The van der Waals surface area contributed by atoms with Gasteiger partial charge in [0.1, 0.15) is 0 Å². The maximum Gasteiger partial charge on any atom is 0.434 e. The molecule has 0 aliphatic rings. The number of aromatic nitrogens is 1. The van der Waals surface area contributed by atoms with Gasteiger partial charge in [-0.15, -0.1) is 35.3 Å². The summed E-state index contributed by atoms with van der Waals surface area (Å²) in [4.78, 5) is 10.1. The van der Waals surface area contributed by atoms with Crippen LogP contribution in [0.5, 0.6) is 0 Å². The summed E-state index contributed by atoms with van der Waals surface area (Å²) in [5, 5.41) is 7.81. The number of alkyl halides is 3. The number of nitrogens with zero attached hydrogens (tertiary/aromatic N) is 3. The molecule has 10 heteroatoms. The number of thiazole rings is 1. The largest absolute Gasteiger partial charge is 0.434 e. The maximum atomic E-state index is 12.5. The predicted molar refractivity (Wildman–Crippen MR) is 108 cm³/mol. The molecule has 5 nitrogen and oxygen atoms in total. The second kappa shape index (κ2) is 12.7. The van der Waals surface area contributed by atoms with E-state index in [9.17, 15) is 13.2 Å². The van der Waals surface area contributed by atoms with Crippen molar-refractivity contribution < 1.29 is 13.2 Å². The third-order valence-corrected chi connectivity index (χ3v) is 4.44. The van der Waals surface area contributed by atoms with Crippen molar-refractivity contribution in [1.82, 2.24) is 20.5 Å². The maximum absolute atomic E-state index is 12.5. The van der Waals surface area contributed by atoms with Crippen molar-refractivity contribution in [1.29, 1.82) is 0 Å². The molecule has 0 fully saturated rings. The van der Waals surface area contributed by atoms with E-state index in [1.54, 1.807) is 7.05 Å². The van der Waals surface area contributed by atoms with Gasteiger partial charge in [-0.3, -0.25) is 4.99 Å². The molecule has 25 heavy (non-hydrogen) atoms. The first-order valence-electron chi connectivity index (χ1n) is 8.09. The highest BCUT2D eigenvalue weighted by Crippen LogP contribution is 2.29. The molecule has 0 spiro atoms. The summed E-state index contributed by atoms with van der Waals surface area (Å²) in [6, 6.07) is 0. The number of hydrogen-bond donors (Lipinski definition) is 2. The van der Waals surface area contributed by atoms with Gasteiger partial charge in [0, 0.05) is 31.9 Å². The molecular formula is C15H27F3IN5S. The average molecular weight is 493 g/mol. The van der Waals surface area contributed by atoms with E-state index in [-0.39, 0.29) is 24.0 Å². The van der Waals surface area contributed by atoms with E-state index < -0.39 is 11.9 Å². The van der Waals surface area contributed by atoms with E-state index in [1.807, 2.05) is 0 Å². The van der Waals surface area contributed by atoms with Crippen LogP contribution < -0.4 is 10.6 Å².